The van der Waals surface area contributed by atoms with Crippen LogP contribution in [0.15, 0.2) is 54.4 Å². The van der Waals surface area contributed by atoms with Crippen molar-refractivity contribution in [3.8, 4) is 5.75 Å². The molecule has 174 valence electrons. The lowest BCUT2D eigenvalue weighted by Gasteiger charge is -2.30. The van der Waals surface area contributed by atoms with Crippen LogP contribution in [0.5, 0.6) is 5.75 Å². The first-order valence-corrected chi connectivity index (χ1v) is 11.2. The Morgan fingerprint density at radius 2 is 1.88 bits per heavy atom. The Hall–Kier alpha value is -3.23. The summed E-state index contributed by atoms with van der Waals surface area (Å²) in [4.78, 5) is 34.0. The molecule has 1 N–H and O–H groups in total. The van der Waals surface area contributed by atoms with Crippen LogP contribution >= 0.6 is 0 Å². The second kappa shape index (κ2) is 10.1. The highest BCUT2D eigenvalue weighted by molar-refractivity contribution is 6.46. The minimum Gasteiger partial charge on any atom is -0.507 e. The standard InChI is InChI=1S/C25H29N3O5/c1-17(2)33-20-7-5-18(6-8-20)23(29)21-22(19-4-3-9-26-16-19)28(25(31)24(21)30)11-10-27-12-14-32-15-13-27/h3-9,16-17,22,29H,10-15H2,1-2H3/t22-/m1/s1. The number of likely N-dealkylation sites (tertiary alicyclic amines) is 1. The Labute approximate surface area is 193 Å². The normalized spacial score (nSPS) is 21.1. The molecule has 0 spiro atoms. The molecule has 0 saturated carbocycles. The highest BCUT2D eigenvalue weighted by Gasteiger charge is 2.46. The smallest absolute Gasteiger partial charge is 0.295 e. The Morgan fingerprint density at radius 3 is 2.52 bits per heavy atom. The predicted octanol–water partition coefficient (Wildman–Crippen LogP) is 2.62. The molecule has 4 rings (SSSR count). The number of aromatic nitrogens is 1. The number of hydrogen-bond donors (Lipinski definition) is 1. The number of carbonyl (C=O) groups excluding carboxylic acids is 2. The Balaban J connectivity index is 1.67. The van der Waals surface area contributed by atoms with Crippen LogP contribution in [0, 0.1) is 0 Å². The number of Topliss-reactive ketones (excluding diaryl/α,β-unsaturated/α-hetero) is 1. The van der Waals surface area contributed by atoms with E-state index in [2.05, 4.69) is 9.88 Å². The molecule has 0 bridgehead atoms. The number of aliphatic hydroxyl groups is 1. The van der Waals surface area contributed by atoms with Crippen LogP contribution in [0.4, 0.5) is 0 Å². The summed E-state index contributed by atoms with van der Waals surface area (Å²) < 4.78 is 11.1. The van der Waals surface area contributed by atoms with Gasteiger partial charge in [-0.2, -0.15) is 0 Å². The molecule has 8 nitrogen and oxygen atoms in total. The monoisotopic (exact) mass is 451 g/mol. The highest BCUT2D eigenvalue weighted by Crippen LogP contribution is 2.39. The fourth-order valence-corrected chi connectivity index (χ4v) is 4.19. The topological polar surface area (TPSA) is 92.2 Å². The van der Waals surface area contributed by atoms with Gasteiger partial charge < -0.3 is 19.5 Å². The van der Waals surface area contributed by atoms with Crippen molar-refractivity contribution < 1.29 is 24.2 Å². The molecular formula is C25H29N3O5. The van der Waals surface area contributed by atoms with Crippen LogP contribution in [0.2, 0.25) is 0 Å². The highest BCUT2D eigenvalue weighted by atomic mass is 16.5. The Kier molecular flexibility index (Phi) is 7.05. The SMILES string of the molecule is CC(C)Oc1ccc(C(O)=C2C(=O)C(=O)N(CCN3CCOCC3)[C@@H]2c2cccnc2)cc1. The summed E-state index contributed by atoms with van der Waals surface area (Å²) in [7, 11) is 0. The number of pyridine rings is 1. The van der Waals surface area contributed by atoms with E-state index in [0.717, 1.165) is 13.1 Å². The van der Waals surface area contributed by atoms with E-state index in [4.69, 9.17) is 9.47 Å². The van der Waals surface area contributed by atoms with Crippen LogP contribution in [0.3, 0.4) is 0 Å². The molecule has 33 heavy (non-hydrogen) atoms. The lowest BCUT2D eigenvalue weighted by Crippen LogP contribution is -2.42. The summed E-state index contributed by atoms with van der Waals surface area (Å²) in [6.07, 6.45) is 3.29. The number of nitrogens with zero attached hydrogens (tertiary/aromatic N) is 3. The average Bonchev–Trinajstić information content (AvgIpc) is 3.08. The summed E-state index contributed by atoms with van der Waals surface area (Å²) >= 11 is 0. The minimum absolute atomic E-state index is 0.0202. The van der Waals surface area contributed by atoms with Gasteiger partial charge in [0.05, 0.1) is 30.9 Å². The number of rotatable bonds is 7. The summed E-state index contributed by atoms with van der Waals surface area (Å²) in [6.45, 7) is 7.72. The lowest BCUT2D eigenvalue weighted by molar-refractivity contribution is -0.140. The van der Waals surface area contributed by atoms with Crippen molar-refractivity contribution >= 4 is 17.4 Å². The molecule has 1 aromatic heterocycles. The number of aliphatic hydroxyl groups excluding tert-OH is 1. The molecule has 3 heterocycles. The van der Waals surface area contributed by atoms with Gasteiger partial charge in [-0.3, -0.25) is 19.5 Å². The van der Waals surface area contributed by atoms with Crippen molar-refractivity contribution in [2.45, 2.75) is 26.0 Å². The summed E-state index contributed by atoms with van der Waals surface area (Å²) in [5.74, 6) is -0.840. The number of hydrogen-bond acceptors (Lipinski definition) is 7. The third kappa shape index (κ3) is 5.07. The van der Waals surface area contributed by atoms with Gasteiger partial charge in [-0.05, 0) is 49.7 Å². The first-order chi connectivity index (χ1) is 16.0. The quantitative estimate of drug-likeness (QED) is 0.393. The maximum atomic E-state index is 13.1. The van der Waals surface area contributed by atoms with Crippen molar-refractivity contribution in [1.82, 2.24) is 14.8 Å². The zero-order valence-electron chi connectivity index (χ0n) is 18.9. The largest absolute Gasteiger partial charge is 0.507 e. The number of amides is 1. The molecule has 1 amide bonds. The van der Waals surface area contributed by atoms with Gasteiger partial charge >= 0.3 is 0 Å². The molecule has 0 aliphatic carbocycles. The second-order valence-corrected chi connectivity index (χ2v) is 8.42. The number of carbonyl (C=O) groups is 2. The van der Waals surface area contributed by atoms with Crippen molar-refractivity contribution in [2.24, 2.45) is 0 Å². The van der Waals surface area contributed by atoms with E-state index in [1.165, 1.54) is 4.90 Å². The van der Waals surface area contributed by atoms with Gasteiger partial charge in [0.1, 0.15) is 11.5 Å². The van der Waals surface area contributed by atoms with Crippen LogP contribution in [0.25, 0.3) is 5.76 Å². The fourth-order valence-electron chi connectivity index (χ4n) is 4.19. The molecule has 1 atom stereocenters. The van der Waals surface area contributed by atoms with Gasteiger partial charge in [0.15, 0.2) is 0 Å². The van der Waals surface area contributed by atoms with Crippen LogP contribution in [-0.4, -0.2) is 77.1 Å². The zero-order chi connectivity index (χ0) is 23.4. The molecule has 8 heteroatoms. The third-order valence-electron chi connectivity index (χ3n) is 5.80. The fraction of sp³-hybridized carbons (Fsp3) is 0.400. The molecule has 1 aromatic carbocycles. The van der Waals surface area contributed by atoms with E-state index in [1.807, 2.05) is 19.9 Å². The predicted molar refractivity (Wildman–Crippen MR) is 123 cm³/mol. The van der Waals surface area contributed by atoms with Gasteiger partial charge in [0.2, 0.25) is 0 Å². The van der Waals surface area contributed by atoms with Gasteiger partial charge in [-0.25, -0.2) is 0 Å². The molecule has 0 unspecified atom stereocenters. The number of ketones is 1. The Morgan fingerprint density at radius 1 is 1.15 bits per heavy atom. The van der Waals surface area contributed by atoms with Crippen LogP contribution in [-0.2, 0) is 14.3 Å². The molecule has 2 aliphatic heterocycles. The molecule has 2 fully saturated rings. The third-order valence-corrected chi connectivity index (χ3v) is 5.80. The van der Waals surface area contributed by atoms with Gasteiger partial charge in [-0.1, -0.05) is 6.07 Å². The van der Waals surface area contributed by atoms with Gasteiger partial charge in [-0.15, -0.1) is 0 Å². The minimum atomic E-state index is -0.702. The number of ether oxygens (including phenoxy) is 2. The van der Waals surface area contributed by atoms with Crippen molar-refractivity contribution in [1.29, 1.82) is 0 Å². The molecule has 2 aromatic rings. The maximum Gasteiger partial charge on any atom is 0.295 e. The lowest BCUT2D eigenvalue weighted by atomic mass is 9.96. The van der Waals surface area contributed by atoms with Crippen LogP contribution in [0.1, 0.15) is 31.0 Å². The summed E-state index contributed by atoms with van der Waals surface area (Å²) in [5, 5.41) is 11.1. The van der Waals surface area contributed by atoms with E-state index in [9.17, 15) is 14.7 Å². The van der Waals surface area contributed by atoms with E-state index in [1.54, 1.807) is 42.7 Å². The second-order valence-electron chi connectivity index (χ2n) is 8.42. The average molecular weight is 452 g/mol. The number of benzene rings is 1. The molecule has 2 aliphatic rings. The first-order valence-electron chi connectivity index (χ1n) is 11.2. The van der Waals surface area contributed by atoms with Crippen molar-refractivity contribution in [2.75, 3.05) is 39.4 Å². The summed E-state index contributed by atoms with van der Waals surface area (Å²) in [5.41, 5.74) is 1.21. The van der Waals surface area contributed by atoms with Crippen molar-refractivity contribution in [3.05, 3.63) is 65.5 Å². The molecular weight excluding hydrogens is 422 g/mol. The molecule has 0 radical (unpaired) electrons. The zero-order valence-corrected chi connectivity index (χ0v) is 18.9. The maximum absolute atomic E-state index is 13.1. The first kappa shape index (κ1) is 22.9. The van der Waals surface area contributed by atoms with E-state index >= 15 is 0 Å². The Bertz CT molecular complexity index is 1010. The number of morpholine rings is 1. The van der Waals surface area contributed by atoms with Crippen LogP contribution < -0.4 is 4.74 Å². The van der Waals surface area contributed by atoms with E-state index < -0.39 is 17.7 Å². The van der Waals surface area contributed by atoms with E-state index in [-0.39, 0.29) is 17.4 Å². The van der Waals surface area contributed by atoms with Gasteiger partial charge in [0, 0.05) is 44.1 Å². The summed E-state index contributed by atoms with van der Waals surface area (Å²) in [6, 6.07) is 9.73. The van der Waals surface area contributed by atoms with Crippen molar-refractivity contribution in [3.63, 3.8) is 0 Å². The van der Waals surface area contributed by atoms with Gasteiger partial charge in [0.25, 0.3) is 11.7 Å². The van der Waals surface area contributed by atoms with E-state index in [0.29, 0.717) is 43.2 Å². The molecule has 2 saturated heterocycles.